The molecule has 0 unspecified atom stereocenters. The molecule has 0 saturated carbocycles. The van der Waals surface area contributed by atoms with Gasteiger partial charge in [0.15, 0.2) is 0 Å². The average molecular weight is 295 g/mol. The predicted octanol–water partition coefficient (Wildman–Crippen LogP) is 4.02. The normalized spacial score (nSPS) is 10.3. The van der Waals surface area contributed by atoms with E-state index in [2.05, 4.69) is 0 Å². The molecule has 0 bridgehead atoms. The topological polar surface area (TPSA) is 46.4 Å². The molecule has 0 aliphatic heterocycles. The summed E-state index contributed by atoms with van der Waals surface area (Å²) in [5, 5.41) is 11.5. The zero-order valence-corrected chi connectivity index (χ0v) is 11.5. The zero-order chi connectivity index (χ0) is 14.7. The third kappa shape index (κ3) is 2.88. The molecule has 0 aliphatic carbocycles. The fourth-order valence-corrected chi connectivity index (χ4v) is 2.16. The number of anilines is 1. The summed E-state index contributed by atoms with van der Waals surface area (Å²) in [4.78, 5) is 11.9. The molecule has 0 N–H and O–H groups in total. The first-order chi connectivity index (χ1) is 9.50. The van der Waals surface area contributed by atoms with Crippen molar-refractivity contribution in [1.29, 1.82) is 0 Å². The van der Waals surface area contributed by atoms with Crippen molar-refractivity contribution in [3.63, 3.8) is 0 Å². The van der Waals surface area contributed by atoms with E-state index >= 15 is 0 Å². The molecule has 2 rings (SSSR count). The molecular weight excluding hydrogens is 283 g/mol. The first-order valence-corrected chi connectivity index (χ1v) is 6.26. The summed E-state index contributed by atoms with van der Waals surface area (Å²) in [6.45, 7) is 0.351. The summed E-state index contributed by atoms with van der Waals surface area (Å²) < 4.78 is 13.6. The number of nitro groups is 1. The quantitative estimate of drug-likeness (QED) is 0.632. The Labute approximate surface area is 120 Å². The Balaban J connectivity index is 2.35. The van der Waals surface area contributed by atoms with Crippen LogP contribution in [0.4, 0.5) is 15.8 Å². The van der Waals surface area contributed by atoms with Gasteiger partial charge < -0.3 is 4.90 Å². The van der Waals surface area contributed by atoms with E-state index in [1.54, 1.807) is 24.1 Å². The number of hydrogen-bond donors (Lipinski definition) is 0. The molecule has 0 aromatic heterocycles. The number of para-hydroxylation sites is 1. The molecule has 6 heteroatoms. The molecule has 4 nitrogen and oxygen atoms in total. The van der Waals surface area contributed by atoms with Gasteiger partial charge in [0, 0.05) is 18.6 Å². The van der Waals surface area contributed by atoms with Crippen molar-refractivity contribution < 1.29 is 9.31 Å². The van der Waals surface area contributed by atoms with E-state index < -0.39 is 16.4 Å². The molecule has 0 saturated heterocycles. The first kappa shape index (κ1) is 14.3. The summed E-state index contributed by atoms with van der Waals surface area (Å²) in [5.74, 6) is -0.849. The van der Waals surface area contributed by atoms with E-state index in [-0.39, 0.29) is 5.69 Å². The van der Waals surface area contributed by atoms with Gasteiger partial charge in [0.25, 0.3) is 0 Å². The van der Waals surface area contributed by atoms with Crippen molar-refractivity contribution in [3.05, 3.63) is 69.0 Å². The highest BCUT2D eigenvalue weighted by Crippen LogP contribution is 2.31. The molecule has 0 spiro atoms. The van der Waals surface area contributed by atoms with Crippen LogP contribution < -0.4 is 4.90 Å². The second kappa shape index (κ2) is 5.88. The van der Waals surface area contributed by atoms with Gasteiger partial charge in [0.2, 0.25) is 5.82 Å². The van der Waals surface area contributed by atoms with Gasteiger partial charge in [0.1, 0.15) is 5.69 Å². The van der Waals surface area contributed by atoms with Gasteiger partial charge in [-0.15, -0.1) is 0 Å². The third-order valence-corrected chi connectivity index (χ3v) is 3.29. The van der Waals surface area contributed by atoms with Crippen LogP contribution in [0.3, 0.4) is 0 Å². The maximum absolute atomic E-state index is 13.6. The van der Waals surface area contributed by atoms with Gasteiger partial charge >= 0.3 is 5.69 Å². The van der Waals surface area contributed by atoms with E-state index in [9.17, 15) is 14.5 Å². The van der Waals surface area contributed by atoms with Gasteiger partial charge in [-0.25, -0.2) is 0 Å². The Morgan fingerprint density at radius 2 is 1.95 bits per heavy atom. The number of benzene rings is 2. The largest absolute Gasteiger partial charge is 0.365 e. The highest BCUT2D eigenvalue weighted by atomic mass is 35.5. The van der Waals surface area contributed by atoms with E-state index in [4.69, 9.17) is 11.6 Å². The molecule has 2 aromatic carbocycles. The predicted molar refractivity (Wildman–Crippen MR) is 76.6 cm³/mol. The molecule has 0 amide bonds. The van der Waals surface area contributed by atoms with Crippen molar-refractivity contribution >= 4 is 23.0 Å². The molecule has 0 heterocycles. The summed E-state index contributed by atoms with van der Waals surface area (Å²) in [7, 11) is 1.66. The van der Waals surface area contributed by atoms with Crippen LogP contribution in [-0.4, -0.2) is 12.0 Å². The van der Waals surface area contributed by atoms with Gasteiger partial charge in [-0.2, -0.15) is 4.39 Å². The molecule has 104 valence electrons. The summed E-state index contributed by atoms with van der Waals surface area (Å²) in [5.41, 5.74) is 0.507. The molecule has 2 aromatic rings. The van der Waals surface area contributed by atoms with Gasteiger partial charge in [-0.1, -0.05) is 35.9 Å². The average Bonchev–Trinajstić information content (AvgIpc) is 2.40. The Kier molecular flexibility index (Phi) is 4.20. The van der Waals surface area contributed by atoms with Gasteiger partial charge in [0.05, 0.1) is 4.92 Å². The molecule has 0 fully saturated rings. The minimum Gasteiger partial charge on any atom is -0.365 e. The van der Waals surface area contributed by atoms with E-state index in [1.165, 1.54) is 12.1 Å². The van der Waals surface area contributed by atoms with Crippen LogP contribution >= 0.6 is 11.6 Å². The SMILES string of the molecule is CN(Cc1ccccc1Cl)c1cccc(F)c1[N+](=O)[O-]. The Bertz CT molecular complexity index is 649. The molecule has 20 heavy (non-hydrogen) atoms. The lowest BCUT2D eigenvalue weighted by Gasteiger charge is -2.20. The second-order valence-electron chi connectivity index (χ2n) is 4.31. The fraction of sp³-hybridized carbons (Fsp3) is 0.143. The lowest BCUT2D eigenvalue weighted by atomic mass is 10.2. The lowest BCUT2D eigenvalue weighted by Crippen LogP contribution is -2.18. The highest BCUT2D eigenvalue weighted by Gasteiger charge is 2.22. The van der Waals surface area contributed by atoms with Crippen molar-refractivity contribution in [2.45, 2.75) is 6.54 Å². The summed E-state index contributed by atoms with van der Waals surface area (Å²) in [6.07, 6.45) is 0. The summed E-state index contributed by atoms with van der Waals surface area (Å²) in [6, 6.07) is 11.2. The number of hydrogen-bond acceptors (Lipinski definition) is 3. The Hall–Kier alpha value is -2.14. The molecule has 0 atom stereocenters. The maximum Gasteiger partial charge on any atom is 0.327 e. The molecule has 0 radical (unpaired) electrons. The van der Waals surface area contributed by atoms with Crippen LogP contribution in [0.15, 0.2) is 42.5 Å². The highest BCUT2D eigenvalue weighted by molar-refractivity contribution is 6.31. The third-order valence-electron chi connectivity index (χ3n) is 2.92. The fourth-order valence-electron chi connectivity index (χ4n) is 1.96. The Morgan fingerprint density at radius 1 is 1.25 bits per heavy atom. The van der Waals surface area contributed by atoms with Gasteiger partial charge in [-0.3, -0.25) is 10.1 Å². The maximum atomic E-state index is 13.6. The minimum atomic E-state index is -0.849. The molecule has 0 aliphatic rings. The van der Waals surface area contributed by atoms with Crippen molar-refractivity contribution in [2.75, 3.05) is 11.9 Å². The van der Waals surface area contributed by atoms with Crippen LogP contribution in [-0.2, 0) is 6.54 Å². The lowest BCUT2D eigenvalue weighted by molar-refractivity contribution is -0.386. The van der Waals surface area contributed by atoms with E-state index in [0.717, 1.165) is 11.6 Å². The number of halogens is 2. The number of nitro benzene ring substituents is 1. The zero-order valence-electron chi connectivity index (χ0n) is 10.7. The van der Waals surface area contributed by atoms with Crippen LogP contribution in [0, 0.1) is 15.9 Å². The van der Waals surface area contributed by atoms with Crippen LogP contribution in [0.5, 0.6) is 0 Å². The van der Waals surface area contributed by atoms with Crippen LogP contribution in [0.1, 0.15) is 5.56 Å². The second-order valence-corrected chi connectivity index (χ2v) is 4.72. The van der Waals surface area contributed by atoms with E-state index in [0.29, 0.717) is 11.6 Å². The first-order valence-electron chi connectivity index (χ1n) is 5.88. The van der Waals surface area contributed by atoms with Gasteiger partial charge in [-0.05, 0) is 23.8 Å². The number of nitrogens with zero attached hydrogens (tertiary/aromatic N) is 2. The molecular formula is C14H12ClFN2O2. The van der Waals surface area contributed by atoms with E-state index in [1.807, 2.05) is 12.1 Å². The summed E-state index contributed by atoms with van der Waals surface area (Å²) >= 11 is 6.05. The Morgan fingerprint density at radius 3 is 2.60 bits per heavy atom. The van der Waals surface area contributed by atoms with Crippen molar-refractivity contribution in [1.82, 2.24) is 0 Å². The van der Waals surface area contributed by atoms with Crippen LogP contribution in [0.2, 0.25) is 5.02 Å². The number of rotatable bonds is 4. The van der Waals surface area contributed by atoms with Crippen molar-refractivity contribution in [3.8, 4) is 0 Å². The van der Waals surface area contributed by atoms with Crippen molar-refractivity contribution in [2.24, 2.45) is 0 Å². The smallest absolute Gasteiger partial charge is 0.327 e. The standard InChI is InChI=1S/C14H12ClFN2O2/c1-17(9-10-5-2-3-6-11(10)15)13-8-4-7-12(16)14(13)18(19)20/h2-8H,9H2,1H3. The minimum absolute atomic E-state index is 0.218. The van der Waals surface area contributed by atoms with Crippen LogP contribution in [0.25, 0.3) is 0 Å². The monoisotopic (exact) mass is 294 g/mol.